The second-order valence-corrected chi connectivity index (χ2v) is 5.57. The fourth-order valence-corrected chi connectivity index (χ4v) is 2.58. The van der Waals surface area contributed by atoms with Crippen molar-refractivity contribution < 1.29 is 13.9 Å². The number of aryl methyl sites for hydroxylation is 2. The highest BCUT2D eigenvalue weighted by molar-refractivity contribution is 5.87. The van der Waals surface area contributed by atoms with Gasteiger partial charge in [-0.1, -0.05) is 0 Å². The molecule has 0 aliphatic carbocycles. The van der Waals surface area contributed by atoms with Gasteiger partial charge in [0, 0.05) is 6.07 Å². The maximum atomic E-state index is 6.12. The summed E-state index contributed by atoms with van der Waals surface area (Å²) in [6, 6.07) is 14.0. The predicted octanol–water partition coefficient (Wildman–Crippen LogP) is 5.41. The number of hydrogen-bond acceptors (Lipinski definition) is 2. The van der Waals surface area contributed by atoms with Gasteiger partial charge in [0.15, 0.2) is 0 Å². The second kappa shape index (κ2) is 6.29. The smallest absolute Gasteiger partial charge is 0.364 e. The molecule has 0 saturated heterocycles. The van der Waals surface area contributed by atoms with Crippen LogP contribution in [0.15, 0.2) is 46.9 Å². The van der Waals surface area contributed by atoms with Gasteiger partial charge >= 0.3 is 11.3 Å². The van der Waals surface area contributed by atoms with Crippen LogP contribution in [0.5, 0.6) is 11.5 Å². The highest BCUT2D eigenvalue weighted by Gasteiger charge is 2.21. The van der Waals surface area contributed by atoms with Gasteiger partial charge in [0.05, 0.1) is 25.3 Å². The fourth-order valence-electron chi connectivity index (χ4n) is 2.58. The first kappa shape index (κ1) is 15.3. The van der Waals surface area contributed by atoms with E-state index in [0.717, 1.165) is 33.8 Å². The van der Waals surface area contributed by atoms with Crippen molar-refractivity contribution in [3.05, 3.63) is 53.6 Å². The summed E-state index contributed by atoms with van der Waals surface area (Å²) in [5.74, 6) is 2.46. The highest BCUT2D eigenvalue weighted by atomic mass is 16.5. The molecule has 3 rings (SSSR count). The summed E-state index contributed by atoms with van der Waals surface area (Å²) in [6.45, 7) is 6.80. The van der Waals surface area contributed by atoms with Crippen LogP contribution in [0.3, 0.4) is 0 Å². The van der Waals surface area contributed by atoms with Gasteiger partial charge in [-0.15, -0.1) is 0 Å². The van der Waals surface area contributed by atoms with Gasteiger partial charge in [0.25, 0.3) is 0 Å². The third-order valence-electron chi connectivity index (χ3n) is 4.02. The largest absolute Gasteiger partial charge is 0.497 e. The SMILES string of the molecule is CCOc1cc(-c2ccc(OC)cc2)[o+]c2cc(C)c(C)cc12. The van der Waals surface area contributed by atoms with Crippen LogP contribution < -0.4 is 9.47 Å². The van der Waals surface area contributed by atoms with E-state index in [9.17, 15) is 0 Å². The Morgan fingerprint density at radius 3 is 2.30 bits per heavy atom. The third kappa shape index (κ3) is 3.00. The molecule has 0 N–H and O–H groups in total. The summed E-state index contributed by atoms with van der Waals surface area (Å²) in [7, 11) is 1.66. The van der Waals surface area contributed by atoms with Crippen LogP contribution in [-0.4, -0.2) is 13.7 Å². The lowest BCUT2D eigenvalue weighted by Gasteiger charge is -2.06. The zero-order valence-corrected chi connectivity index (χ0v) is 14.0. The van der Waals surface area contributed by atoms with E-state index in [2.05, 4.69) is 26.0 Å². The Kier molecular flexibility index (Phi) is 4.20. The molecule has 2 aromatic carbocycles. The minimum absolute atomic E-state index is 0.619. The zero-order chi connectivity index (χ0) is 16.4. The van der Waals surface area contributed by atoms with Gasteiger partial charge in [-0.3, -0.25) is 0 Å². The number of methoxy groups -OCH3 is 1. The van der Waals surface area contributed by atoms with E-state index in [1.54, 1.807) is 7.11 Å². The van der Waals surface area contributed by atoms with Crippen LogP contribution in [0.25, 0.3) is 22.3 Å². The molecule has 3 nitrogen and oxygen atoms in total. The molecule has 0 spiro atoms. The van der Waals surface area contributed by atoms with Crippen LogP contribution in [0.1, 0.15) is 18.1 Å². The molecule has 0 radical (unpaired) electrons. The zero-order valence-electron chi connectivity index (χ0n) is 14.0. The summed E-state index contributed by atoms with van der Waals surface area (Å²) in [6.07, 6.45) is 0. The van der Waals surface area contributed by atoms with E-state index in [0.29, 0.717) is 6.61 Å². The third-order valence-corrected chi connectivity index (χ3v) is 4.02. The van der Waals surface area contributed by atoms with Crippen molar-refractivity contribution >= 4 is 11.0 Å². The topological polar surface area (TPSA) is 29.8 Å². The van der Waals surface area contributed by atoms with Gasteiger partial charge in [-0.25, -0.2) is 4.42 Å². The van der Waals surface area contributed by atoms with Crippen LogP contribution >= 0.6 is 0 Å². The Labute approximate surface area is 136 Å². The average molecular weight is 309 g/mol. The number of fused-ring (bicyclic) bond motifs is 1. The highest BCUT2D eigenvalue weighted by Crippen LogP contribution is 2.34. The van der Waals surface area contributed by atoms with E-state index in [1.807, 2.05) is 37.3 Å². The first-order chi connectivity index (χ1) is 11.1. The van der Waals surface area contributed by atoms with E-state index in [4.69, 9.17) is 13.9 Å². The molecule has 1 heterocycles. The van der Waals surface area contributed by atoms with Gasteiger partial charge in [-0.2, -0.15) is 0 Å². The van der Waals surface area contributed by atoms with Crippen LogP contribution in [0, 0.1) is 13.8 Å². The Bertz CT molecular complexity index is 836. The molecule has 0 bridgehead atoms. The summed E-state index contributed by atoms with van der Waals surface area (Å²) in [4.78, 5) is 0. The van der Waals surface area contributed by atoms with Gasteiger partial charge < -0.3 is 9.47 Å². The van der Waals surface area contributed by atoms with Crippen molar-refractivity contribution in [2.24, 2.45) is 0 Å². The molecule has 0 aliphatic heterocycles. The van der Waals surface area contributed by atoms with E-state index >= 15 is 0 Å². The molecule has 3 heteroatoms. The summed E-state index contributed by atoms with van der Waals surface area (Å²) in [5.41, 5.74) is 4.26. The van der Waals surface area contributed by atoms with E-state index in [-0.39, 0.29) is 0 Å². The Hall–Kier alpha value is -2.55. The fraction of sp³-hybridized carbons (Fsp3) is 0.250. The molecule has 23 heavy (non-hydrogen) atoms. The first-order valence-electron chi connectivity index (χ1n) is 7.77. The molecule has 0 saturated carbocycles. The van der Waals surface area contributed by atoms with Crippen molar-refractivity contribution in [1.29, 1.82) is 0 Å². The summed E-state index contributed by atoms with van der Waals surface area (Å²) >= 11 is 0. The molecular weight excluding hydrogens is 288 g/mol. The molecule has 0 atom stereocenters. The van der Waals surface area contributed by atoms with Crippen molar-refractivity contribution in [2.45, 2.75) is 20.8 Å². The molecule has 1 aromatic heterocycles. The first-order valence-corrected chi connectivity index (χ1v) is 7.77. The number of hydrogen-bond donors (Lipinski definition) is 0. The maximum absolute atomic E-state index is 6.12. The second-order valence-electron chi connectivity index (χ2n) is 5.57. The van der Waals surface area contributed by atoms with Crippen molar-refractivity contribution in [3.63, 3.8) is 0 Å². The molecule has 118 valence electrons. The molecule has 0 fully saturated rings. The number of rotatable bonds is 4. The molecular formula is C20H21O3+. The lowest BCUT2D eigenvalue weighted by Crippen LogP contribution is -1.94. The number of benzene rings is 2. The summed E-state index contributed by atoms with van der Waals surface area (Å²) in [5, 5.41) is 1.01. The normalized spacial score (nSPS) is 10.8. The van der Waals surface area contributed by atoms with Gasteiger partial charge in [-0.05, 0) is 62.2 Å². The van der Waals surface area contributed by atoms with Gasteiger partial charge in [0.1, 0.15) is 16.9 Å². The molecule has 0 aliphatic rings. The Balaban J connectivity index is 2.18. The number of ether oxygens (including phenoxy) is 2. The lowest BCUT2D eigenvalue weighted by atomic mass is 10.1. The minimum Gasteiger partial charge on any atom is -0.497 e. The predicted molar refractivity (Wildman–Crippen MR) is 93.3 cm³/mol. The monoisotopic (exact) mass is 309 g/mol. The van der Waals surface area contributed by atoms with Crippen molar-refractivity contribution in [2.75, 3.05) is 13.7 Å². The standard InChI is InChI=1S/C20H21O3/c1-5-22-19-12-18(15-6-8-16(21-4)9-7-15)23-20-11-14(3)13(2)10-17(19)20/h6-12H,5H2,1-4H3/q+1. The van der Waals surface area contributed by atoms with Crippen LogP contribution in [-0.2, 0) is 0 Å². The molecule has 0 amide bonds. The van der Waals surface area contributed by atoms with Crippen LogP contribution in [0.2, 0.25) is 0 Å². The van der Waals surface area contributed by atoms with E-state index in [1.165, 1.54) is 11.1 Å². The van der Waals surface area contributed by atoms with E-state index < -0.39 is 0 Å². The minimum atomic E-state index is 0.619. The Morgan fingerprint density at radius 2 is 1.65 bits per heavy atom. The quantitative estimate of drug-likeness (QED) is 0.604. The maximum Gasteiger partial charge on any atom is 0.364 e. The lowest BCUT2D eigenvalue weighted by molar-refractivity contribution is 0.342. The van der Waals surface area contributed by atoms with Crippen LogP contribution in [0.4, 0.5) is 0 Å². The molecule has 3 aromatic rings. The van der Waals surface area contributed by atoms with Crippen molar-refractivity contribution in [1.82, 2.24) is 0 Å². The summed E-state index contributed by atoms with van der Waals surface area (Å²) < 4.78 is 17.2. The average Bonchev–Trinajstić information content (AvgIpc) is 2.56. The Morgan fingerprint density at radius 1 is 0.957 bits per heavy atom. The van der Waals surface area contributed by atoms with Crippen molar-refractivity contribution in [3.8, 4) is 22.8 Å². The molecule has 0 unspecified atom stereocenters. The van der Waals surface area contributed by atoms with Gasteiger partial charge in [0.2, 0.25) is 0 Å².